The highest BCUT2D eigenvalue weighted by Crippen LogP contribution is 2.22. The molecule has 5 heteroatoms. The number of ether oxygens (including phenoxy) is 2. The van der Waals surface area contributed by atoms with E-state index in [2.05, 4.69) is 0 Å². The number of hydrogen-bond acceptors (Lipinski definition) is 3. The molecule has 0 radical (unpaired) electrons. The van der Waals surface area contributed by atoms with E-state index < -0.39 is 23.0 Å². The zero-order valence-corrected chi connectivity index (χ0v) is 11.7. The lowest BCUT2D eigenvalue weighted by atomic mass is 10.0. The molecule has 0 heterocycles. The van der Waals surface area contributed by atoms with Crippen LogP contribution < -0.4 is 9.47 Å². The number of ketones is 1. The van der Waals surface area contributed by atoms with Crippen LogP contribution in [0.3, 0.4) is 0 Å². The van der Waals surface area contributed by atoms with E-state index in [1.165, 1.54) is 14.2 Å². The molecular weight excluding hydrogens is 278 g/mol. The van der Waals surface area contributed by atoms with Crippen LogP contribution in [0.2, 0.25) is 0 Å². The van der Waals surface area contributed by atoms with Gasteiger partial charge in [0.1, 0.15) is 23.1 Å². The van der Waals surface area contributed by atoms with Gasteiger partial charge >= 0.3 is 0 Å². The molecule has 110 valence electrons. The van der Waals surface area contributed by atoms with Gasteiger partial charge in [-0.25, -0.2) is 8.78 Å². The minimum atomic E-state index is -0.926. The standard InChI is InChI=1S/C16H14F2O3/c1-20-11-5-3-10(4-6-11)7-15(19)16-13(17)8-12(21-2)9-14(16)18/h3-6,8-9H,7H2,1-2H3. The second kappa shape index (κ2) is 6.35. The molecule has 0 amide bonds. The average Bonchev–Trinajstić information content (AvgIpc) is 2.47. The fraction of sp³-hybridized carbons (Fsp3) is 0.188. The van der Waals surface area contributed by atoms with Gasteiger partial charge in [0.05, 0.1) is 19.8 Å². The van der Waals surface area contributed by atoms with Gasteiger partial charge in [-0.3, -0.25) is 4.79 Å². The molecule has 0 aliphatic heterocycles. The summed E-state index contributed by atoms with van der Waals surface area (Å²) in [5.74, 6) is -1.80. The Hall–Kier alpha value is -2.43. The van der Waals surface area contributed by atoms with Gasteiger partial charge in [0, 0.05) is 18.6 Å². The Labute approximate surface area is 121 Å². The molecule has 0 bridgehead atoms. The first kappa shape index (κ1) is 15.0. The molecular formula is C16H14F2O3. The molecule has 2 aromatic rings. The van der Waals surface area contributed by atoms with Crippen molar-refractivity contribution in [3.63, 3.8) is 0 Å². The molecule has 0 unspecified atom stereocenters. The summed E-state index contributed by atoms with van der Waals surface area (Å²) in [4.78, 5) is 12.1. The van der Waals surface area contributed by atoms with Gasteiger partial charge in [0.2, 0.25) is 0 Å². The maximum Gasteiger partial charge on any atom is 0.173 e. The van der Waals surface area contributed by atoms with E-state index >= 15 is 0 Å². The maximum atomic E-state index is 13.8. The van der Waals surface area contributed by atoms with Crippen LogP contribution in [-0.4, -0.2) is 20.0 Å². The van der Waals surface area contributed by atoms with Gasteiger partial charge in [0.15, 0.2) is 5.78 Å². The third kappa shape index (κ3) is 3.37. The molecule has 21 heavy (non-hydrogen) atoms. The highest BCUT2D eigenvalue weighted by Gasteiger charge is 2.19. The number of halogens is 2. The number of hydrogen-bond donors (Lipinski definition) is 0. The summed E-state index contributed by atoms with van der Waals surface area (Å²) in [7, 11) is 2.83. The predicted molar refractivity (Wildman–Crippen MR) is 73.9 cm³/mol. The lowest BCUT2D eigenvalue weighted by Gasteiger charge is -2.07. The highest BCUT2D eigenvalue weighted by atomic mass is 19.1. The van der Waals surface area contributed by atoms with Gasteiger partial charge < -0.3 is 9.47 Å². The first-order chi connectivity index (χ1) is 10.0. The minimum Gasteiger partial charge on any atom is -0.497 e. The van der Waals surface area contributed by atoms with Crippen LogP contribution >= 0.6 is 0 Å². The van der Waals surface area contributed by atoms with Crippen molar-refractivity contribution in [1.29, 1.82) is 0 Å². The fourth-order valence-electron chi connectivity index (χ4n) is 1.95. The van der Waals surface area contributed by atoms with Crippen LogP contribution in [0, 0.1) is 11.6 Å². The zero-order chi connectivity index (χ0) is 15.4. The van der Waals surface area contributed by atoms with Crippen molar-refractivity contribution in [1.82, 2.24) is 0 Å². The second-order valence-corrected chi connectivity index (χ2v) is 4.41. The molecule has 0 spiro atoms. The van der Waals surface area contributed by atoms with Crippen molar-refractivity contribution in [3.05, 3.63) is 59.2 Å². The number of rotatable bonds is 5. The van der Waals surface area contributed by atoms with Gasteiger partial charge in [-0.05, 0) is 17.7 Å². The summed E-state index contributed by atoms with van der Waals surface area (Å²) in [6.07, 6.45) is -0.0931. The zero-order valence-electron chi connectivity index (χ0n) is 11.7. The molecule has 2 aromatic carbocycles. The van der Waals surface area contributed by atoms with Crippen molar-refractivity contribution in [2.45, 2.75) is 6.42 Å². The third-order valence-corrected chi connectivity index (χ3v) is 3.05. The highest BCUT2D eigenvalue weighted by molar-refractivity contribution is 5.98. The lowest BCUT2D eigenvalue weighted by Crippen LogP contribution is -2.09. The topological polar surface area (TPSA) is 35.5 Å². The largest absolute Gasteiger partial charge is 0.497 e. The van der Waals surface area contributed by atoms with Crippen LogP contribution in [0.4, 0.5) is 8.78 Å². The number of methoxy groups -OCH3 is 2. The first-order valence-electron chi connectivity index (χ1n) is 6.24. The normalized spacial score (nSPS) is 10.3. The summed E-state index contributed by atoms with van der Waals surface area (Å²) in [6.45, 7) is 0. The molecule has 2 rings (SSSR count). The molecule has 0 aromatic heterocycles. The predicted octanol–water partition coefficient (Wildman–Crippen LogP) is 3.41. The second-order valence-electron chi connectivity index (χ2n) is 4.41. The van der Waals surface area contributed by atoms with E-state index in [0.717, 1.165) is 12.1 Å². The van der Waals surface area contributed by atoms with Crippen molar-refractivity contribution in [2.24, 2.45) is 0 Å². The van der Waals surface area contributed by atoms with Crippen LogP contribution in [0.1, 0.15) is 15.9 Å². The van der Waals surface area contributed by atoms with Crippen LogP contribution in [0.25, 0.3) is 0 Å². The maximum absolute atomic E-state index is 13.8. The summed E-state index contributed by atoms with van der Waals surface area (Å²) in [5, 5.41) is 0. The summed E-state index contributed by atoms with van der Waals surface area (Å²) in [6, 6.07) is 8.70. The summed E-state index contributed by atoms with van der Waals surface area (Å²) >= 11 is 0. The number of Topliss-reactive ketones (excluding diaryl/α,β-unsaturated/α-hetero) is 1. The molecule has 0 saturated heterocycles. The molecule has 0 atom stereocenters. The lowest BCUT2D eigenvalue weighted by molar-refractivity contribution is 0.0984. The number of carbonyl (C=O) groups excluding carboxylic acids is 1. The van der Waals surface area contributed by atoms with Crippen molar-refractivity contribution < 1.29 is 23.0 Å². The monoisotopic (exact) mass is 292 g/mol. The SMILES string of the molecule is COc1ccc(CC(=O)c2c(F)cc(OC)cc2F)cc1. The Kier molecular flexibility index (Phi) is 4.52. The van der Waals surface area contributed by atoms with E-state index in [4.69, 9.17) is 9.47 Å². The van der Waals surface area contributed by atoms with E-state index in [1.54, 1.807) is 24.3 Å². The van der Waals surface area contributed by atoms with E-state index in [1.807, 2.05) is 0 Å². The van der Waals surface area contributed by atoms with Gasteiger partial charge in [-0.2, -0.15) is 0 Å². The quantitative estimate of drug-likeness (QED) is 0.792. The van der Waals surface area contributed by atoms with Crippen LogP contribution in [0.5, 0.6) is 11.5 Å². The Morgan fingerprint density at radius 2 is 1.48 bits per heavy atom. The average molecular weight is 292 g/mol. The van der Waals surface area contributed by atoms with Crippen LogP contribution in [0.15, 0.2) is 36.4 Å². The molecule has 0 fully saturated rings. The summed E-state index contributed by atoms with van der Waals surface area (Å²) in [5.41, 5.74) is 0.0991. The van der Waals surface area contributed by atoms with Gasteiger partial charge in [-0.1, -0.05) is 12.1 Å². The third-order valence-electron chi connectivity index (χ3n) is 3.05. The number of benzene rings is 2. The van der Waals surface area contributed by atoms with E-state index in [0.29, 0.717) is 11.3 Å². The Morgan fingerprint density at radius 3 is 1.95 bits per heavy atom. The smallest absolute Gasteiger partial charge is 0.173 e. The first-order valence-corrected chi connectivity index (χ1v) is 6.24. The Morgan fingerprint density at radius 1 is 0.952 bits per heavy atom. The Balaban J connectivity index is 2.23. The van der Waals surface area contributed by atoms with E-state index in [-0.39, 0.29) is 12.2 Å². The molecule has 0 aliphatic carbocycles. The van der Waals surface area contributed by atoms with Crippen LogP contribution in [-0.2, 0) is 6.42 Å². The minimum absolute atomic E-state index is 0.0333. The number of carbonyl (C=O) groups is 1. The van der Waals surface area contributed by atoms with Gasteiger partial charge in [-0.15, -0.1) is 0 Å². The summed E-state index contributed by atoms with van der Waals surface area (Å²) < 4.78 is 37.4. The molecule has 3 nitrogen and oxygen atoms in total. The van der Waals surface area contributed by atoms with Gasteiger partial charge in [0.25, 0.3) is 0 Å². The molecule has 0 aliphatic rings. The van der Waals surface area contributed by atoms with Crippen molar-refractivity contribution in [3.8, 4) is 11.5 Å². The van der Waals surface area contributed by atoms with E-state index in [9.17, 15) is 13.6 Å². The fourth-order valence-corrected chi connectivity index (χ4v) is 1.95. The Bertz CT molecular complexity index is 628. The molecule has 0 saturated carbocycles. The molecule has 0 N–H and O–H groups in total. The van der Waals surface area contributed by atoms with Crippen molar-refractivity contribution >= 4 is 5.78 Å². The van der Waals surface area contributed by atoms with Crippen molar-refractivity contribution in [2.75, 3.05) is 14.2 Å².